The van der Waals surface area contributed by atoms with Crippen LogP contribution in [0.5, 0.6) is 0 Å². The van der Waals surface area contributed by atoms with Crippen LogP contribution < -0.4 is 0 Å². The summed E-state index contributed by atoms with van der Waals surface area (Å²) in [5.41, 5.74) is 1.41. The summed E-state index contributed by atoms with van der Waals surface area (Å²) in [7, 11) is 0. The van der Waals surface area contributed by atoms with Gasteiger partial charge < -0.3 is 5.11 Å². The first-order valence-electron chi connectivity index (χ1n) is 6.32. The number of unbranched alkanes of at least 4 members (excludes halogenated alkanes) is 2. The molecular weight excluding hydrogens is 208 g/mol. The monoisotopic (exact) mass is 230 g/mol. The van der Waals surface area contributed by atoms with Crippen molar-refractivity contribution in [2.24, 2.45) is 0 Å². The molecule has 1 aromatic carbocycles. The molecular formula is C16H22O. The lowest BCUT2D eigenvalue weighted by Crippen LogP contribution is -1.98. The highest BCUT2D eigenvalue weighted by atomic mass is 16.3. The Bertz CT molecular complexity index is 327. The van der Waals surface area contributed by atoms with Crippen LogP contribution in [0.2, 0.25) is 0 Å². The maximum absolute atomic E-state index is 9.43. The lowest BCUT2D eigenvalue weighted by molar-refractivity contribution is 0.226. The van der Waals surface area contributed by atoms with E-state index in [-0.39, 0.29) is 6.10 Å². The number of aryl methyl sites for hydroxylation is 1. The van der Waals surface area contributed by atoms with Crippen LogP contribution in [-0.4, -0.2) is 11.2 Å². The number of aliphatic hydroxyl groups excluding tert-OH is 1. The Labute approximate surface area is 104 Å². The number of benzene rings is 1. The third-order valence-corrected chi connectivity index (χ3v) is 2.70. The first kappa shape index (κ1) is 13.7. The van der Waals surface area contributed by atoms with E-state index in [1.165, 1.54) is 18.4 Å². The fraction of sp³-hybridized carbons (Fsp3) is 0.375. The van der Waals surface area contributed by atoms with Crippen molar-refractivity contribution in [3.05, 3.63) is 60.7 Å². The molecule has 0 fully saturated rings. The maximum atomic E-state index is 9.43. The van der Waals surface area contributed by atoms with Crippen LogP contribution in [0.4, 0.5) is 0 Å². The van der Waals surface area contributed by atoms with Gasteiger partial charge in [0, 0.05) is 0 Å². The molecule has 0 saturated carbocycles. The molecule has 0 spiro atoms. The predicted octanol–water partition coefficient (Wildman–Crippen LogP) is 3.89. The molecule has 1 rings (SSSR count). The molecule has 0 aliphatic heterocycles. The summed E-state index contributed by atoms with van der Waals surface area (Å²) >= 11 is 0. The van der Waals surface area contributed by atoms with Crippen molar-refractivity contribution >= 4 is 0 Å². The standard InChI is InChI=1S/C16H22O/c1-2-10-16(17)14-9-4-3-6-11-15-12-7-5-8-13-15/h2,5,7-9,12-14,16-17H,1,3-4,6,10-11H2/b14-9+. The largest absolute Gasteiger partial charge is 0.389 e. The Morgan fingerprint density at radius 2 is 1.94 bits per heavy atom. The van der Waals surface area contributed by atoms with Gasteiger partial charge in [-0.05, 0) is 37.7 Å². The molecule has 17 heavy (non-hydrogen) atoms. The molecule has 0 radical (unpaired) electrons. The molecule has 0 heterocycles. The second-order valence-electron chi connectivity index (χ2n) is 4.25. The van der Waals surface area contributed by atoms with Gasteiger partial charge >= 0.3 is 0 Å². The van der Waals surface area contributed by atoms with Gasteiger partial charge in [-0.25, -0.2) is 0 Å². The lowest BCUT2D eigenvalue weighted by atomic mass is 10.1. The van der Waals surface area contributed by atoms with E-state index in [0.717, 1.165) is 12.8 Å². The number of hydrogen-bond donors (Lipinski definition) is 1. The van der Waals surface area contributed by atoms with Gasteiger partial charge in [0.15, 0.2) is 0 Å². The molecule has 1 aromatic rings. The van der Waals surface area contributed by atoms with Gasteiger partial charge in [-0.2, -0.15) is 0 Å². The molecule has 0 bridgehead atoms. The zero-order chi connectivity index (χ0) is 12.3. The molecule has 0 aliphatic carbocycles. The minimum Gasteiger partial charge on any atom is -0.389 e. The molecule has 1 atom stereocenters. The van der Waals surface area contributed by atoms with E-state index in [1.54, 1.807) is 6.08 Å². The Kier molecular flexibility index (Phi) is 7.08. The summed E-state index contributed by atoms with van der Waals surface area (Å²) in [5, 5.41) is 9.43. The van der Waals surface area contributed by atoms with Crippen LogP contribution in [0, 0.1) is 0 Å². The van der Waals surface area contributed by atoms with Crippen molar-refractivity contribution in [1.82, 2.24) is 0 Å². The van der Waals surface area contributed by atoms with E-state index in [0.29, 0.717) is 6.42 Å². The Hall–Kier alpha value is -1.34. The van der Waals surface area contributed by atoms with Gasteiger partial charge in [-0.1, -0.05) is 48.6 Å². The van der Waals surface area contributed by atoms with E-state index in [4.69, 9.17) is 0 Å². The second-order valence-corrected chi connectivity index (χ2v) is 4.25. The first-order chi connectivity index (χ1) is 8.33. The summed E-state index contributed by atoms with van der Waals surface area (Å²) in [6, 6.07) is 10.6. The predicted molar refractivity (Wildman–Crippen MR) is 74.0 cm³/mol. The highest BCUT2D eigenvalue weighted by molar-refractivity contribution is 5.14. The minimum atomic E-state index is -0.360. The van der Waals surface area contributed by atoms with Gasteiger partial charge in [-0.3, -0.25) is 0 Å². The SMILES string of the molecule is C=CCC(O)/C=C/CCCCc1ccccc1. The zero-order valence-electron chi connectivity index (χ0n) is 10.4. The Balaban J connectivity index is 2.07. The van der Waals surface area contributed by atoms with Crippen molar-refractivity contribution in [1.29, 1.82) is 0 Å². The molecule has 0 aromatic heterocycles. The van der Waals surface area contributed by atoms with Crippen molar-refractivity contribution in [3.8, 4) is 0 Å². The van der Waals surface area contributed by atoms with Crippen LogP contribution >= 0.6 is 0 Å². The number of allylic oxidation sites excluding steroid dienone is 1. The number of rotatable bonds is 8. The van der Waals surface area contributed by atoms with Crippen LogP contribution in [0.25, 0.3) is 0 Å². The van der Waals surface area contributed by atoms with Gasteiger partial charge in [0.2, 0.25) is 0 Å². The van der Waals surface area contributed by atoms with Crippen LogP contribution in [0.15, 0.2) is 55.1 Å². The van der Waals surface area contributed by atoms with Crippen LogP contribution in [0.1, 0.15) is 31.2 Å². The Morgan fingerprint density at radius 1 is 1.18 bits per heavy atom. The molecule has 1 N–H and O–H groups in total. The number of hydrogen-bond acceptors (Lipinski definition) is 1. The first-order valence-corrected chi connectivity index (χ1v) is 6.32. The van der Waals surface area contributed by atoms with E-state index in [2.05, 4.69) is 36.9 Å². The van der Waals surface area contributed by atoms with E-state index in [1.807, 2.05) is 12.1 Å². The molecule has 0 saturated heterocycles. The van der Waals surface area contributed by atoms with Gasteiger partial charge in [-0.15, -0.1) is 6.58 Å². The quantitative estimate of drug-likeness (QED) is 0.530. The van der Waals surface area contributed by atoms with Gasteiger partial charge in [0.1, 0.15) is 0 Å². The fourth-order valence-corrected chi connectivity index (χ4v) is 1.74. The third kappa shape index (κ3) is 6.75. The normalized spacial score (nSPS) is 12.8. The highest BCUT2D eigenvalue weighted by Crippen LogP contribution is 2.07. The Morgan fingerprint density at radius 3 is 2.65 bits per heavy atom. The fourth-order valence-electron chi connectivity index (χ4n) is 1.74. The van der Waals surface area contributed by atoms with E-state index >= 15 is 0 Å². The van der Waals surface area contributed by atoms with Gasteiger partial charge in [0.25, 0.3) is 0 Å². The maximum Gasteiger partial charge on any atom is 0.0755 e. The molecule has 1 unspecified atom stereocenters. The zero-order valence-corrected chi connectivity index (χ0v) is 10.4. The highest BCUT2D eigenvalue weighted by Gasteiger charge is 1.94. The van der Waals surface area contributed by atoms with Crippen molar-refractivity contribution in [2.75, 3.05) is 0 Å². The summed E-state index contributed by atoms with van der Waals surface area (Å²) in [6.07, 6.45) is 10.5. The summed E-state index contributed by atoms with van der Waals surface area (Å²) in [6.45, 7) is 3.60. The van der Waals surface area contributed by atoms with Crippen molar-refractivity contribution in [2.45, 2.75) is 38.2 Å². The van der Waals surface area contributed by atoms with Crippen molar-refractivity contribution < 1.29 is 5.11 Å². The minimum absolute atomic E-state index is 0.360. The molecule has 92 valence electrons. The molecule has 1 heteroatoms. The average molecular weight is 230 g/mol. The summed E-state index contributed by atoms with van der Waals surface area (Å²) in [5.74, 6) is 0. The second kappa shape index (κ2) is 8.77. The van der Waals surface area contributed by atoms with Crippen molar-refractivity contribution in [3.63, 3.8) is 0 Å². The van der Waals surface area contributed by atoms with E-state index < -0.39 is 0 Å². The molecule has 0 amide bonds. The summed E-state index contributed by atoms with van der Waals surface area (Å²) in [4.78, 5) is 0. The molecule has 1 nitrogen and oxygen atoms in total. The van der Waals surface area contributed by atoms with E-state index in [9.17, 15) is 5.11 Å². The third-order valence-electron chi connectivity index (χ3n) is 2.70. The van der Waals surface area contributed by atoms with Crippen LogP contribution in [0.3, 0.4) is 0 Å². The van der Waals surface area contributed by atoms with Crippen LogP contribution in [-0.2, 0) is 6.42 Å². The molecule has 0 aliphatic rings. The summed E-state index contributed by atoms with van der Waals surface area (Å²) < 4.78 is 0. The lowest BCUT2D eigenvalue weighted by Gasteiger charge is -2.01. The topological polar surface area (TPSA) is 20.2 Å². The van der Waals surface area contributed by atoms with Gasteiger partial charge in [0.05, 0.1) is 6.10 Å². The number of aliphatic hydroxyl groups is 1. The smallest absolute Gasteiger partial charge is 0.0755 e. The average Bonchev–Trinajstić information content (AvgIpc) is 2.35.